The molecule has 0 aliphatic heterocycles. The maximum Gasteiger partial charge on any atom is 0.206 e. The first-order valence-electron chi connectivity index (χ1n) is 10.1. The Labute approximate surface area is 193 Å². The maximum atomic E-state index is 14.7. The lowest BCUT2D eigenvalue weighted by molar-refractivity contribution is 0.110. The van der Waals surface area contributed by atoms with E-state index in [4.69, 9.17) is 4.42 Å². The summed E-state index contributed by atoms with van der Waals surface area (Å²) in [5.74, 6) is 0.126. The Bertz CT molecular complexity index is 1620. The van der Waals surface area contributed by atoms with Gasteiger partial charge < -0.3 is 9.73 Å². The van der Waals surface area contributed by atoms with Gasteiger partial charge in [-0.1, -0.05) is 18.2 Å². The van der Waals surface area contributed by atoms with Crippen LogP contribution in [0.5, 0.6) is 0 Å². The number of anilines is 2. The van der Waals surface area contributed by atoms with Crippen LogP contribution in [0.25, 0.3) is 22.2 Å². The molecule has 0 atom stereocenters. The van der Waals surface area contributed by atoms with Crippen LogP contribution in [-0.2, 0) is 9.84 Å². The van der Waals surface area contributed by atoms with E-state index in [1.165, 1.54) is 42.7 Å². The molecule has 9 heteroatoms. The normalized spacial score (nSPS) is 11.4. The summed E-state index contributed by atoms with van der Waals surface area (Å²) in [5.41, 5.74) is 1.10. The number of benzene rings is 3. The molecule has 0 amide bonds. The van der Waals surface area contributed by atoms with Crippen molar-refractivity contribution in [1.82, 2.24) is 9.97 Å². The molecule has 168 valence electrons. The van der Waals surface area contributed by atoms with Crippen molar-refractivity contribution >= 4 is 38.5 Å². The van der Waals surface area contributed by atoms with Gasteiger partial charge in [-0.15, -0.1) is 0 Å². The number of hydrogen-bond acceptors (Lipinski definition) is 7. The highest BCUT2D eigenvalue weighted by Crippen LogP contribution is 2.32. The van der Waals surface area contributed by atoms with Crippen molar-refractivity contribution in [3.63, 3.8) is 0 Å². The summed E-state index contributed by atoms with van der Waals surface area (Å²) < 4.78 is 45.6. The van der Waals surface area contributed by atoms with Crippen LogP contribution >= 0.6 is 0 Å². The van der Waals surface area contributed by atoms with Crippen LogP contribution in [0.3, 0.4) is 0 Å². The fourth-order valence-electron chi connectivity index (χ4n) is 3.52. The topological polar surface area (TPSA) is 102 Å². The third kappa shape index (κ3) is 3.93. The first-order valence-corrected chi connectivity index (χ1v) is 11.6. The second-order valence-corrected chi connectivity index (χ2v) is 9.31. The molecule has 7 nitrogen and oxygen atoms in total. The fraction of sp³-hybridized carbons (Fsp3) is 0. The van der Waals surface area contributed by atoms with Crippen molar-refractivity contribution in [3.05, 3.63) is 96.8 Å². The van der Waals surface area contributed by atoms with Gasteiger partial charge in [0.2, 0.25) is 9.84 Å². The number of rotatable bonds is 6. The largest absolute Gasteiger partial charge is 0.453 e. The number of aromatic nitrogens is 2. The van der Waals surface area contributed by atoms with Gasteiger partial charge in [0.25, 0.3) is 0 Å². The molecule has 0 fully saturated rings. The minimum absolute atomic E-state index is 0.0858. The third-order valence-electron chi connectivity index (χ3n) is 5.21. The number of carbonyl (C=O) groups is 1. The van der Waals surface area contributed by atoms with E-state index in [0.29, 0.717) is 28.7 Å². The van der Waals surface area contributed by atoms with Gasteiger partial charge in [0.05, 0.1) is 20.9 Å². The summed E-state index contributed by atoms with van der Waals surface area (Å²) in [5, 5.41) is 3.64. The van der Waals surface area contributed by atoms with Crippen LogP contribution in [0, 0.1) is 5.82 Å². The number of halogens is 1. The van der Waals surface area contributed by atoms with E-state index < -0.39 is 15.7 Å². The molecule has 0 aliphatic carbocycles. The van der Waals surface area contributed by atoms with Crippen molar-refractivity contribution < 1.29 is 22.0 Å². The lowest BCUT2D eigenvalue weighted by Gasteiger charge is -2.11. The summed E-state index contributed by atoms with van der Waals surface area (Å²) in [4.78, 5) is 19.7. The summed E-state index contributed by atoms with van der Waals surface area (Å²) >= 11 is 0. The lowest BCUT2D eigenvalue weighted by Crippen LogP contribution is -2.02. The first-order chi connectivity index (χ1) is 16.5. The Balaban J connectivity index is 1.49. The third-order valence-corrected chi connectivity index (χ3v) is 7.00. The molecule has 3 aromatic carbocycles. The number of fused-ring (bicyclic) bond motifs is 1. The van der Waals surface area contributed by atoms with Gasteiger partial charge in [-0.05, 0) is 54.6 Å². The number of carbonyl (C=O) groups excluding carboxylic acids is 1. The molecule has 1 N–H and O–H groups in total. The van der Waals surface area contributed by atoms with Crippen molar-refractivity contribution in [3.8, 4) is 11.3 Å². The average molecular weight is 473 g/mol. The van der Waals surface area contributed by atoms with Crippen molar-refractivity contribution in [1.29, 1.82) is 0 Å². The average Bonchev–Trinajstić information content (AvgIpc) is 3.34. The number of hydrogen-bond donors (Lipinski definition) is 1. The summed E-state index contributed by atoms with van der Waals surface area (Å²) in [6.07, 6.45) is 1.84. The number of aldehydes is 1. The van der Waals surface area contributed by atoms with Gasteiger partial charge in [-0.25, -0.2) is 22.8 Å². The first kappa shape index (κ1) is 21.5. The monoisotopic (exact) mass is 473 g/mol. The van der Waals surface area contributed by atoms with Crippen LogP contribution in [0.4, 0.5) is 15.9 Å². The summed E-state index contributed by atoms with van der Waals surface area (Å²) in [6, 6.07) is 20.2. The molecular formula is C25H16FN3O4S. The van der Waals surface area contributed by atoms with Gasteiger partial charge in [0, 0.05) is 17.1 Å². The second-order valence-electron chi connectivity index (χ2n) is 7.36. The van der Waals surface area contributed by atoms with E-state index in [0.717, 1.165) is 0 Å². The van der Waals surface area contributed by atoms with Gasteiger partial charge in [0.15, 0.2) is 12.0 Å². The van der Waals surface area contributed by atoms with Gasteiger partial charge in [-0.3, -0.25) is 4.79 Å². The molecule has 0 aliphatic rings. The summed E-state index contributed by atoms with van der Waals surface area (Å²) in [6.45, 7) is 0. The molecule has 34 heavy (non-hydrogen) atoms. The smallest absolute Gasteiger partial charge is 0.206 e. The molecule has 0 radical (unpaired) electrons. The molecule has 2 aromatic heterocycles. The van der Waals surface area contributed by atoms with Crippen molar-refractivity contribution in [2.45, 2.75) is 9.79 Å². The molecule has 2 heterocycles. The van der Waals surface area contributed by atoms with Crippen LogP contribution in [0.1, 0.15) is 10.6 Å². The molecule has 0 saturated heterocycles. The highest BCUT2D eigenvalue weighted by Gasteiger charge is 2.18. The van der Waals surface area contributed by atoms with Crippen LogP contribution in [0.15, 0.2) is 99.4 Å². The Hall–Kier alpha value is -4.37. The quantitative estimate of drug-likeness (QED) is 0.329. The zero-order valence-electron chi connectivity index (χ0n) is 17.5. The van der Waals surface area contributed by atoms with E-state index in [9.17, 15) is 17.6 Å². The van der Waals surface area contributed by atoms with Gasteiger partial charge in [-0.2, -0.15) is 0 Å². The SMILES string of the molecule is O=Cc1ccc(-c2cc3c(Nc4ccc(S(=O)(=O)c5ccccc5)cc4)ncnc3cc2F)o1. The molecular weight excluding hydrogens is 457 g/mol. The van der Waals surface area contributed by atoms with E-state index in [1.807, 2.05) is 0 Å². The van der Waals surface area contributed by atoms with Crippen LogP contribution in [-0.4, -0.2) is 24.7 Å². The predicted octanol–water partition coefficient (Wildman–Crippen LogP) is 5.42. The zero-order chi connectivity index (χ0) is 23.7. The van der Waals surface area contributed by atoms with E-state index in [2.05, 4.69) is 15.3 Å². The fourth-order valence-corrected chi connectivity index (χ4v) is 4.80. The molecule has 0 spiro atoms. The Kier molecular flexibility index (Phi) is 5.39. The molecule has 0 saturated carbocycles. The van der Waals surface area contributed by atoms with Crippen LogP contribution < -0.4 is 5.32 Å². The Morgan fingerprint density at radius 1 is 0.882 bits per heavy atom. The predicted molar refractivity (Wildman–Crippen MR) is 124 cm³/mol. The zero-order valence-corrected chi connectivity index (χ0v) is 18.3. The minimum atomic E-state index is -3.63. The summed E-state index contributed by atoms with van der Waals surface area (Å²) in [7, 11) is -3.63. The maximum absolute atomic E-state index is 14.7. The highest BCUT2D eigenvalue weighted by atomic mass is 32.2. The van der Waals surface area contributed by atoms with Gasteiger partial charge >= 0.3 is 0 Å². The standard InChI is InChI=1S/C25H16FN3O4S/c26-22-13-23-21(12-20(22)24-11-8-17(14-30)33-24)25(28-15-27-23)29-16-6-9-19(10-7-16)34(31,32)18-4-2-1-3-5-18/h1-15H,(H,27,28,29). The molecule has 0 unspecified atom stereocenters. The second kappa shape index (κ2) is 8.53. The molecule has 0 bridgehead atoms. The highest BCUT2D eigenvalue weighted by molar-refractivity contribution is 7.91. The van der Waals surface area contributed by atoms with Crippen molar-refractivity contribution in [2.24, 2.45) is 0 Å². The number of furan rings is 1. The molecule has 5 aromatic rings. The number of sulfone groups is 1. The number of nitrogens with one attached hydrogen (secondary N) is 1. The van der Waals surface area contributed by atoms with Gasteiger partial charge in [0.1, 0.15) is 23.7 Å². The van der Waals surface area contributed by atoms with E-state index in [1.54, 1.807) is 42.5 Å². The lowest BCUT2D eigenvalue weighted by atomic mass is 10.1. The van der Waals surface area contributed by atoms with E-state index >= 15 is 0 Å². The Morgan fingerprint density at radius 2 is 1.62 bits per heavy atom. The van der Waals surface area contributed by atoms with E-state index in [-0.39, 0.29) is 26.9 Å². The number of nitrogens with zero attached hydrogens (tertiary/aromatic N) is 2. The molecule has 5 rings (SSSR count). The van der Waals surface area contributed by atoms with Crippen molar-refractivity contribution in [2.75, 3.05) is 5.32 Å². The Morgan fingerprint density at radius 3 is 2.32 bits per heavy atom. The van der Waals surface area contributed by atoms with Crippen LogP contribution in [0.2, 0.25) is 0 Å². The minimum Gasteiger partial charge on any atom is -0.453 e.